The van der Waals surface area contributed by atoms with Gasteiger partial charge in [-0.2, -0.15) is 0 Å². The van der Waals surface area contributed by atoms with E-state index < -0.39 is 11.4 Å². The van der Waals surface area contributed by atoms with Crippen LogP contribution in [0.25, 0.3) is 0 Å². The molecule has 0 saturated carbocycles. The summed E-state index contributed by atoms with van der Waals surface area (Å²) < 4.78 is 0. The molecule has 0 aliphatic carbocycles. The molecule has 5 nitrogen and oxygen atoms in total. The van der Waals surface area contributed by atoms with E-state index in [1.807, 2.05) is 13.8 Å². The first-order valence-electron chi connectivity index (χ1n) is 6.72. The zero-order valence-corrected chi connectivity index (χ0v) is 11.5. The normalized spacial score (nSPS) is 21.3. The highest BCUT2D eigenvalue weighted by atomic mass is 16.4. The average molecular weight is 263 g/mol. The van der Waals surface area contributed by atoms with Crippen molar-refractivity contribution in [2.45, 2.75) is 33.2 Å². The van der Waals surface area contributed by atoms with Gasteiger partial charge in [0.25, 0.3) is 0 Å². The van der Waals surface area contributed by atoms with Crippen molar-refractivity contribution < 1.29 is 9.90 Å². The van der Waals surface area contributed by atoms with Gasteiger partial charge >= 0.3 is 5.97 Å². The van der Waals surface area contributed by atoms with Crippen LogP contribution in [0.1, 0.15) is 32.5 Å². The van der Waals surface area contributed by atoms with Crippen LogP contribution in [0.15, 0.2) is 18.5 Å². The van der Waals surface area contributed by atoms with E-state index in [-0.39, 0.29) is 5.92 Å². The summed E-state index contributed by atoms with van der Waals surface area (Å²) in [4.78, 5) is 22.1. The van der Waals surface area contributed by atoms with Crippen LogP contribution in [0.3, 0.4) is 0 Å². The summed E-state index contributed by atoms with van der Waals surface area (Å²) in [5.41, 5.74) is -0.670. The first-order chi connectivity index (χ1) is 9.00. The van der Waals surface area contributed by atoms with Gasteiger partial charge in [-0.15, -0.1) is 0 Å². The molecule has 1 fully saturated rings. The molecule has 2 rings (SSSR count). The van der Waals surface area contributed by atoms with Crippen molar-refractivity contribution in [1.82, 2.24) is 14.9 Å². The van der Waals surface area contributed by atoms with Gasteiger partial charge in [0.15, 0.2) is 0 Å². The van der Waals surface area contributed by atoms with E-state index in [1.165, 1.54) is 0 Å². The van der Waals surface area contributed by atoms with Gasteiger partial charge in [0, 0.05) is 18.9 Å². The second-order valence-corrected chi connectivity index (χ2v) is 5.77. The summed E-state index contributed by atoms with van der Waals surface area (Å²) in [6.45, 7) is 6.14. The maximum absolute atomic E-state index is 11.3. The first kappa shape index (κ1) is 13.9. The predicted molar refractivity (Wildman–Crippen MR) is 71.4 cm³/mol. The van der Waals surface area contributed by atoms with E-state index in [1.54, 1.807) is 18.5 Å². The van der Waals surface area contributed by atoms with Gasteiger partial charge in [0.05, 0.1) is 12.0 Å². The topological polar surface area (TPSA) is 66.3 Å². The molecule has 1 unspecified atom stereocenters. The molecule has 0 radical (unpaired) electrons. The molecule has 1 aromatic rings. The zero-order chi connectivity index (χ0) is 13.9. The third-order valence-corrected chi connectivity index (χ3v) is 4.06. The number of aromatic nitrogens is 2. The Morgan fingerprint density at radius 3 is 2.79 bits per heavy atom. The van der Waals surface area contributed by atoms with Crippen molar-refractivity contribution in [2.75, 3.05) is 13.1 Å². The minimum absolute atomic E-state index is 0.183. The van der Waals surface area contributed by atoms with Crippen LogP contribution in [0, 0.1) is 11.3 Å². The first-order valence-corrected chi connectivity index (χ1v) is 6.72. The van der Waals surface area contributed by atoms with Gasteiger partial charge in [-0.05, 0) is 45.2 Å². The molecule has 0 spiro atoms. The number of hydrogen-bond donors (Lipinski definition) is 1. The lowest BCUT2D eigenvalue weighted by atomic mass is 9.74. The number of aliphatic carboxylic acids is 1. The Bertz CT molecular complexity index is 434. The predicted octanol–water partition coefficient (Wildman–Crippen LogP) is 1.80. The van der Waals surface area contributed by atoms with Crippen LogP contribution in [0.4, 0.5) is 0 Å². The molecular weight excluding hydrogens is 242 g/mol. The minimum atomic E-state index is -0.713. The Kier molecular flexibility index (Phi) is 4.14. The summed E-state index contributed by atoms with van der Waals surface area (Å²) in [6, 6.07) is 1.80. The van der Waals surface area contributed by atoms with Crippen molar-refractivity contribution in [2.24, 2.45) is 11.3 Å². The van der Waals surface area contributed by atoms with E-state index in [9.17, 15) is 9.90 Å². The monoisotopic (exact) mass is 263 g/mol. The largest absolute Gasteiger partial charge is 0.481 e. The minimum Gasteiger partial charge on any atom is -0.481 e. The van der Waals surface area contributed by atoms with Crippen molar-refractivity contribution in [3.05, 3.63) is 24.3 Å². The highest BCUT2D eigenvalue weighted by Crippen LogP contribution is 2.34. The highest BCUT2D eigenvalue weighted by Gasteiger charge is 2.39. The molecule has 1 atom stereocenters. The van der Waals surface area contributed by atoms with Crippen molar-refractivity contribution in [3.8, 4) is 0 Å². The SMILES string of the molecule is CC(C)(C(=O)O)C1CCCN(Cc2ncccn2)C1. The van der Waals surface area contributed by atoms with Crippen LogP contribution in [0.2, 0.25) is 0 Å². The zero-order valence-electron chi connectivity index (χ0n) is 11.5. The summed E-state index contributed by atoms with van der Waals surface area (Å²) in [7, 11) is 0. The maximum atomic E-state index is 11.3. The van der Waals surface area contributed by atoms with Gasteiger partial charge in [-0.25, -0.2) is 9.97 Å². The Labute approximate surface area is 113 Å². The van der Waals surface area contributed by atoms with E-state index >= 15 is 0 Å². The van der Waals surface area contributed by atoms with E-state index in [4.69, 9.17) is 0 Å². The third-order valence-electron chi connectivity index (χ3n) is 4.06. The lowest BCUT2D eigenvalue weighted by Crippen LogP contribution is -2.44. The molecule has 1 aliphatic rings. The molecule has 0 amide bonds. The van der Waals surface area contributed by atoms with E-state index in [2.05, 4.69) is 14.9 Å². The van der Waals surface area contributed by atoms with Gasteiger partial charge in [0.1, 0.15) is 5.82 Å². The molecular formula is C14H21N3O2. The molecule has 5 heteroatoms. The summed E-state index contributed by atoms with van der Waals surface area (Å²) in [5.74, 6) is 0.272. The van der Waals surface area contributed by atoms with Gasteiger partial charge in [-0.1, -0.05) is 0 Å². The van der Waals surface area contributed by atoms with Crippen LogP contribution in [-0.4, -0.2) is 39.0 Å². The number of likely N-dealkylation sites (tertiary alicyclic amines) is 1. The molecule has 2 heterocycles. The third kappa shape index (κ3) is 3.29. The number of hydrogen-bond acceptors (Lipinski definition) is 4. The Hall–Kier alpha value is -1.49. The number of carboxylic acid groups (broad SMARTS) is 1. The second-order valence-electron chi connectivity index (χ2n) is 5.77. The van der Waals surface area contributed by atoms with Gasteiger partial charge < -0.3 is 5.11 Å². The number of piperidine rings is 1. The Morgan fingerprint density at radius 1 is 1.47 bits per heavy atom. The summed E-state index contributed by atoms with van der Waals surface area (Å²) in [5, 5.41) is 9.33. The van der Waals surface area contributed by atoms with Gasteiger partial charge in [0.2, 0.25) is 0 Å². The van der Waals surface area contributed by atoms with Crippen molar-refractivity contribution in [3.63, 3.8) is 0 Å². The number of carboxylic acids is 1. The summed E-state index contributed by atoms with van der Waals surface area (Å²) >= 11 is 0. The molecule has 1 aromatic heterocycles. The fourth-order valence-corrected chi connectivity index (χ4v) is 2.57. The number of rotatable bonds is 4. The maximum Gasteiger partial charge on any atom is 0.309 e. The molecule has 104 valence electrons. The van der Waals surface area contributed by atoms with Crippen molar-refractivity contribution in [1.29, 1.82) is 0 Å². The fourth-order valence-electron chi connectivity index (χ4n) is 2.57. The molecule has 1 saturated heterocycles. The highest BCUT2D eigenvalue weighted by molar-refractivity contribution is 5.74. The van der Waals surface area contributed by atoms with Crippen LogP contribution in [0.5, 0.6) is 0 Å². The molecule has 1 aliphatic heterocycles. The number of carbonyl (C=O) groups is 1. The fraction of sp³-hybridized carbons (Fsp3) is 0.643. The van der Waals surface area contributed by atoms with E-state index in [0.29, 0.717) is 6.54 Å². The molecule has 1 N–H and O–H groups in total. The second kappa shape index (κ2) is 5.65. The quantitative estimate of drug-likeness (QED) is 0.897. The molecule has 19 heavy (non-hydrogen) atoms. The smallest absolute Gasteiger partial charge is 0.309 e. The lowest BCUT2D eigenvalue weighted by molar-refractivity contribution is -0.151. The van der Waals surface area contributed by atoms with Crippen LogP contribution < -0.4 is 0 Å². The molecule has 0 bridgehead atoms. The Morgan fingerprint density at radius 2 is 2.16 bits per heavy atom. The van der Waals surface area contributed by atoms with E-state index in [0.717, 1.165) is 31.8 Å². The Balaban J connectivity index is 2.00. The van der Waals surface area contributed by atoms with Crippen LogP contribution in [-0.2, 0) is 11.3 Å². The average Bonchev–Trinajstić information content (AvgIpc) is 2.40. The molecule has 0 aromatic carbocycles. The van der Waals surface area contributed by atoms with Gasteiger partial charge in [-0.3, -0.25) is 9.69 Å². The van der Waals surface area contributed by atoms with Crippen molar-refractivity contribution >= 4 is 5.97 Å². The summed E-state index contributed by atoms with van der Waals surface area (Å²) in [6.07, 6.45) is 5.50. The standard InChI is InChI=1S/C14H21N3O2/c1-14(2,13(18)19)11-5-3-8-17(9-11)10-12-15-6-4-7-16-12/h4,6-7,11H,3,5,8-10H2,1-2H3,(H,18,19). The van der Waals surface area contributed by atoms with Crippen LogP contribution >= 0.6 is 0 Å². The lowest BCUT2D eigenvalue weighted by Gasteiger charge is -2.38. The number of nitrogens with zero attached hydrogens (tertiary/aromatic N) is 3.